The van der Waals surface area contributed by atoms with Crippen LogP contribution in [0.5, 0.6) is 5.75 Å². The molecule has 0 spiro atoms. The summed E-state index contributed by atoms with van der Waals surface area (Å²) < 4.78 is 5.70. The maximum absolute atomic E-state index is 5.86. The summed E-state index contributed by atoms with van der Waals surface area (Å²) >= 11 is 0. The highest BCUT2D eigenvalue weighted by atomic mass is 16.5. The maximum atomic E-state index is 5.86. The molecule has 1 aliphatic rings. The average Bonchev–Trinajstić information content (AvgIpc) is 2.76. The van der Waals surface area contributed by atoms with Crippen LogP contribution in [0, 0.1) is 0 Å². The van der Waals surface area contributed by atoms with E-state index in [0.717, 1.165) is 36.5 Å². The van der Waals surface area contributed by atoms with Crippen LogP contribution in [0.25, 0.3) is 0 Å². The van der Waals surface area contributed by atoms with E-state index in [4.69, 9.17) is 10.5 Å². The second-order valence-corrected chi connectivity index (χ2v) is 4.09. The number of ether oxygens (including phenoxy) is 1. The number of nitrogens with two attached hydrogens (primary N) is 1. The van der Waals surface area contributed by atoms with Crippen molar-refractivity contribution in [2.45, 2.75) is 19.3 Å². The third-order valence-corrected chi connectivity index (χ3v) is 2.70. The van der Waals surface area contributed by atoms with E-state index in [1.165, 1.54) is 5.56 Å². The highest BCUT2D eigenvalue weighted by molar-refractivity contribution is 5.42. The topological polar surface area (TPSA) is 35.2 Å². The Balaban J connectivity index is 2.00. The highest BCUT2D eigenvalue weighted by Crippen LogP contribution is 2.30. The van der Waals surface area contributed by atoms with Gasteiger partial charge in [0, 0.05) is 17.7 Å². The van der Waals surface area contributed by atoms with Crippen molar-refractivity contribution >= 4 is 0 Å². The molecule has 2 rings (SSSR count). The van der Waals surface area contributed by atoms with Crippen molar-refractivity contribution in [3.05, 3.63) is 66.1 Å². The lowest BCUT2D eigenvalue weighted by atomic mass is 10.1. The van der Waals surface area contributed by atoms with E-state index in [9.17, 15) is 0 Å². The first-order valence-corrected chi connectivity index (χ1v) is 5.81. The molecule has 1 heterocycles. The Morgan fingerprint density at radius 1 is 1.41 bits per heavy atom. The predicted molar refractivity (Wildman–Crippen MR) is 70.6 cm³/mol. The molecule has 1 aromatic carbocycles. The summed E-state index contributed by atoms with van der Waals surface area (Å²) in [4.78, 5) is 0. The zero-order chi connectivity index (χ0) is 12.1. The summed E-state index contributed by atoms with van der Waals surface area (Å²) in [5, 5.41) is 0. The van der Waals surface area contributed by atoms with Crippen molar-refractivity contribution in [2.24, 2.45) is 5.73 Å². The molecule has 0 aliphatic carbocycles. The van der Waals surface area contributed by atoms with Gasteiger partial charge in [0.1, 0.15) is 11.5 Å². The van der Waals surface area contributed by atoms with Crippen LogP contribution in [0.2, 0.25) is 0 Å². The van der Waals surface area contributed by atoms with E-state index in [-0.39, 0.29) is 0 Å². The normalized spacial score (nSPS) is 16.7. The van der Waals surface area contributed by atoms with Crippen LogP contribution in [0.4, 0.5) is 0 Å². The van der Waals surface area contributed by atoms with E-state index >= 15 is 0 Å². The molecule has 2 nitrogen and oxygen atoms in total. The van der Waals surface area contributed by atoms with E-state index in [0.29, 0.717) is 0 Å². The largest absolute Gasteiger partial charge is 0.461 e. The van der Waals surface area contributed by atoms with Gasteiger partial charge in [0.2, 0.25) is 0 Å². The van der Waals surface area contributed by atoms with Gasteiger partial charge in [0.05, 0.1) is 0 Å². The fraction of sp³-hybridized carbons (Fsp3) is 0.200. The molecular formula is C15H17NO. The Kier molecular flexibility index (Phi) is 3.66. The molecule has 0 bridgehead atoms. The number of para-hydroxylation sites is 1. The molecule has 0 atom stereocenters. The molecule has 0 fully saturated rings. The Bertz CT molecular complexity index is 445. The quantitative estimate of drug-likeness (QED) is 0.801. The molecular weight excluding hydrogens is 210 g/mol. The van der Waals surface area contributed by atoms with Gasteiger partial charge in [-0.3, -0.25) is 0 Å². The van der Waals surface area contributed by atoms with Gasteiger partial charge in [-0.2, -0.15) is 0 Å². The number of benzene rings is 1. The van der Waals surface area contributed by atoms with Crippen molar-refractivity contribution < 1.29 is 4.74 Å². The molecule has 0 unspecified atom stereocenters. The molecule has 0 saturated carbocycles. The Hall–Kier alpha value is -1.96. The molecule has 0 radical (unpaired) electrons. The zero-order valence-corrected chi connectivity index (χ0v) is 9.86. The van der Waals surface area contributed by atoms with Gasteiger partial charge in [0.15, 0.2) is 0 Å². The first kappa shape index (κ1) is 11.5. The highest BCUT2D eigenvalue weighted by Gasteiger charge is 2.15. The summed E-state index contributed by atoms with van der Waals surface area (Å²) in [6.45, 7) is 3.67. The third-order valence-electron chi connectivity index (χ3n) is 2.70. The molecule has 88 valence electrons. The summed E-state index contributed by atoms with van der Waals surface area (Å²) in [6, 6.07) is 8.08. The predicted octanol–water partition coefficient (Wildman–Crippen LogP) is 3.31. The Morgan fingerprint density at radius 3 is 3.00 bits per heavy atom. The van der Waals surface area contributed by atoms with Gasteiger partial charge in [-0.25, -0.2) is 0 Å². The van der Waals surface area contributed by atoms with Crippen molar-refractivity contribution in [2.75, 3.05) is 0 Å². The number of hydrogen-bond donors (Lipinski definition) is 1. The van der Waals surface area contributed by atoms with Gasteiger partial charge in [-0.1, -0.05) is 24.3 Å². The van der Waals surface area contributed by atoms with Crippen molar-refractivity contribution in [1.29, 1.82) is 0 Å². The minimum absolute atomic E-state index is 0.847. The molecule has 17 heavy (non-hydrogen) atoms. The van der Waals surface area contributed by atoms with Gasteiger partial charge in [0.25, 0.3) is 0 Å². The zero-order valence-electron chi connectivity index (χ0n) is 9.86. The third kappa shape index (κ3) is 3.00. The number of rotatable bonds is 4. The second-order valence-electron chi connectivity index (χ2n) is 4.09. The van der Waals surface area contributed by atoms with E-state index in [2.05, 4.69) is 12.6 Å². The SMILES string of the molecule is C=CCC/C(N)=C\C=C1/Cc2ccccc2O1. The summed E-state index contributed by atoms with van der Waals surface area (Å²) in [6.07, 6.45) is 8.35. The second kappa shape index (κ2) is 5.39. The number of hydrogen-bond acceptors (Lipinski definition) is 2. The lowest BCUT2D eigenvalue weighted by molar-refractivity contribution is 0.446. The van der Waals surface area contributed by atoms with Crippen molar-refractivity contribution in [1.82, 2.24) is 0 Å². The van der Waals surface area contributed by atoms with Crippen LogP contribution >= 0.6 is 0 Å². The fourth-order valence-corrected chi connectivity index (χ4v) is 1.76. The van der Waals surface area contributed by atoms with Gasteiger partial charge < -0.3 is 10.5 Å². The molecule has 2 heteroatoms. The Labute approximate surface area is 102 Å². The smallest absolute Gasteiger partial charge is 0.130 e. The van der Waals surface area contributed by atoms with Crippen LogP contribution < -0.4 is 10.5 Å². The van der Waals surface area contributed by atoms with Crippen LogP contribution in [0.15, 0.2) is 60.5 Å². The van der Waals surface area contributed by atoms with Crippen LogP contribution in [-0.4, -0.2) is 0 Å². The monoisotopic (exact) mass is 227 g/mol. The lowest BCUT2D eigenvalue weighted by Crippen LogP contribution is -1.96. The van der Waals surface area contributed by atoms with E-state index < -0.39 is 0 Å². The lowest BCUT2D eigenvalue weighted by Gasteiger charge is -1.98. The van der Waals surface area contributed by atoms with Crippen molar-refractivity contribution in [3.8, 4) is 5.75 Å². The minimum atomic E-state index is 0.847. The number of allylic oxidation sites excluding steroid dienone is 5. The van der Waals surface area contributed by atoms with Gasteiger partial charge in [-0.15, -0.1) is 6.58 Å². The molecule has 2 N–H and O–H groups in total. The molecule has 1 aromatic rings. The summed E-state index contributed by atoms with van der Waals surface area (Å²) in [5.41, 5.74) is 7.95. The standard InChI is InChI=1S/C15H17NO/c1-2-3-7-13(16)9-10-14-11-12-6-4-5-8-15(12)17-14/h2,4-6,8-10H,1,3,7,11,16H2/b13-9+,14-10+. The summed E-state index contributed by atoms with van der Waals surface area (Å²) in [5.74, 6) is 1.91. The molecule has 0 aromatic heterocycles. The Morgan fingerprint density at radius 2 is 2.24 bits per heavy atom. The van der Waals surface area contributed by atoms with E-state index in [1.807, 2.05) is 36.4 Å². The van der Waals surface area contributed by atoms with Crippen LogP contribution in [0.3, 0.4) is 0 Å². The first-order chi connectivity index (χ1) is 8.29. The first-order valence-electron chi connectivity index (χ1n) is 5.81. The maximum Gasteiger partial charge on any atom is 0.130 e. The summed E-state index contributed by atoms with van der Waals surface area (Å²) in [7, 11) is 0. The molecule has 0 saturated heterocycles. The van der Waals surface area contributed by atoms with Crippen molar-refractivity contribution in [3.63, 3.8) is 0 Å². The molecule has 0 amide bonds. The number of fused-ring (bicyclic) bond motifs is 1. The fourth-order valence-electron chi connectivity index (χ4n) is 1.76. The van der Waals surface area contributed by atoms with Gasteiger partial charge in [-0.05, 0) is 31.1 Å². The van der Waals surface area contributed by atoms with Gasteiger partial charge >= 0.3 is 0 Å². The average molecular weight is 227 g/mol. The van der Waals surface area contributed by atoms with Crippen LogP contribution in [0.1, 0.15) is 18.4 Å². The van der Waals surface area contributed by atoms with Crippen LogP contribution in [-0.2, 0) is 6.42 Å². The molecule has 1 aliphatic heterocycles. The van der Waals surface area contributed by atoms with E-state index in [1.54, 1.807) is 0 Å². The minimum Gasteiger partial charge on any atom is -0.461 e.